The molecule has 0 aromatic heterocycles. The summed E-state index contributed by atoms with van der Waals surface area (Å²) >= 11 is 0. The van der Waals surface area contributed by atoms with Crippen molar-refractivity contribution in [2.45, 2.75) is 26.2 Å². The van der Waals surface area contributed by atoms with Crippen LogP contribution in [0.15, 0.2) is 12.1 Å². The predicted octanol–water partition coefficient (Wildman–Crippen LogP) is 2.73. The minimum absolute atomic E-state index is 0.0323. The zero-order valence-corrected chi connectivity index (χ0v) is 8.48. The molecule has 1 atom stereocenters. The third-order valence-corrected chi connectivity index (χ3v) is 2.44. The number of rotatable bonds is 3. The summed E-state index contributed by atoms with van der Waals surface area (Å²) in [5.41, 5.74) is 6.12. The molecule has 0 amide bonds. The number of hydrogen-bond acceptors (Lipinski definition) is 1. The van der Waals surface area contributed by atoms with Crippen molar-refractivity contribution < 1.29 is 8.78 Å². The quantitative estimate of drug-likeness (QED) is 0.795. The lowest BCUT2D eigenvalue weighted by molar-refractivity contribution is 0.483. The van der Waals surface area contributed by atoms with Gasteiger partial charge >= 0.3 is 0 Å². The second-order valence-corrected chi connectivity index (χ2v) is 3.58. The van der Waals surface area contributed by atoms with Crippen molar-refractivity contribution in [1.82, 2.24) is 0 Å². The van der Waals surface area contributed by atoms with Crippen LogP contribution >= 0.6 is 0 Å². The topological polar surface area (TPSA) is 26.0 Å². The van der Waals surface area contributed by atoms with Crippen molar-refractivity contribution in [3.8, 4) is 0 Å². The Kier molecular flexibility index (Phi) is 3.58. The van der Waals surface area contributed by atoms with Gasteiger partial charge in [0.1, 0.15) is 0 Å². The van der Waals surface area contributed by atoms with Crippen LogP contribution in [0.3, 0.4) is 0 Å². The number of hydrogen-bond donors (Lipinski definition) is 1. The SMILES string of the molecule is Cc1ccc(C(C)CCN)c(F)c1F. The van der Waals surface area contributed by atoms with Crippen LogP contribution < -0.4 is 5.73 Å². The van der Waals surface area contributed by atoms with Gasteiger partial charge in [-0.15, -0.1) is 0 Å². The summed E-state index contributed by atoms with van der Waals surface area (Å²) in [6.45, 7) is 3.88. The van der Waals surface area contributed by atoms with E-state index in [0.717, 1.165) is 0 Å². The van der Waals surface area contributed by atoms with E-state index in [1.807, 2.05) is 6.92 Å². The van der Waals surface area contributed by atoms with Crippen LogP contribution in [-0.2, 0) is 0 Å². The lowest BCUT2D eigenvalue weighted by Gasteiger charge is -2.12. The molecular formula is C11H15F2N. The maximum absolute atomic E-state index is 13.4. The van der Waals surface area contributed by atoms with Crippen LogP contribution in [0, 0.1) is 18.6 Å². The van der Waals surface area contributed by atoms with Gasteiger partial charge in [-0.3, -0.25) is 0 Å². The van der Waals surface area contributed by atoms with Crippen molar-refractivity contribution in [3.63, 3.8) is 0 Å². The van der Waals surface area contributed by atoms with E-state index in [4.69, 9.17) is 5.73 Å². The summed E-state index contributed by atoms with van der Waals surface area (Å²) in [4.78, 5) is 0. The fourth-order valence-corrected chi connectivity index (χ4v) is 1.45. The van der Waals surface area contributed by atoms with Crippen LogP contribution in [0.2, 0.25) is 0 Å². The first kappa shape index (κ1) is 11.1. The molecule has 3 heteroatoms. The minimum Gasteiger partial charge on any atom is -0.330 e. The third-order valence-electron chi connectivity index (χ3n) is 2.44. The lowest BCUT2D eigenvalue weighted by Crippen LogP contribution is -2.07. The van der Waals surface area contributed by atoms with Gasteiger partial charge in [0.25, 0.3) is 0 Å². The molecule has 1 rings (SSSR count). The van der Waals surface area contributed by atoms with E-state index in [1.165, 1.54) is 0 Å². The molecule has 1 aromatic carbocycles. The molecule has 0 fully saturated rings. The third kappa shape index (κ3) is 2.10. The molecule has 1 aromatic rings. The second kappa shape index (κ2) is 4.51. The van der Waals surface area contributed by atoms with Gasteiger partial charge in [0.05, 0.1) is 0 Å². The monoisotopic (exact) mass is 199 g/mol. The summed E-state index contributed by atoms with van der Waals surface area (Å²) in [5.74, 6) is -1.51. The average molecular weight is 199 g/mol. The molecule has 0 bridgehead atoms. The van der Waals surface area contributed by atoms with Gasteiger partial charge in [-0.2, -0.15) is 0 Å². The molecule has 0 radical (unpaired) electrons. The Morgan fingerprint density at radius 1 is 1.29 bits per heavy atom. The predicted molar refractivity (Wildman–Crippen MR) is 53.2 cm³/mol. The maximum atomic E-state index is 13.4. The van der Waals surface area contributed by atoms with Gasteiger partial charge in [0.15, 0.2) is 11.6 Å². The zero-order valence-electron chi connectivity index (χ0n) is 8.48. The Labute approximate surface area is 82.9 Å². The maximum Gasteiger partial charge on any atom is 0.162 e. The van der Waals surface area contributed by atoms with E-state index in [0.29, 0.717) is 24.1 Å². The normalized spacial score (nSPS) is 12.9. The van der Waals surface area contributed by atoms with Gasteiger partial charge in [-0.25, -0.2) is 8.78 Å². The van der Waals surface area contributed by atoms with Gasteiger partial charge < -0.3 is 5.73 Å². The smallest absolute Gasteiger partial charge is 0.162 e. The van der Waals surface area contributed by atoms with E-state index < -0.39 is 11.6 Å². The highest BCUT2D eigenvalue weighted by Crippen LogP contribution is 2.24. The van der Waals surface area contributed by atoms with Gasteiger partial charge in [0, 0.05) is 0 Å². The minimum atomic E-state index is -0.744. The molecule has 0 saturated heterocycles. The fourth-order valence-electron chi connectivity index (χ4n) is 1.45. The first-order valence-electron chi connectivity index (χ1n) is 4.72. The molecule has 0 aliphatic heterocycles. The highest BCUT2D eigenvalue weighted by molar-refractivity contribution is 5.27. The Morgan fingerprint density at radius 2 is 1.93 bits per heavy atom. The molecule has 0 heterocycles. The summed E-state index contributed by atoms with van der Waals surface area (Å²) in [7, 11) is 0. The summed E-state index contributed by atoms with van der Waals surface area (Å²) < 4.78 is 26.6. The van der Waals surface area contributed by atoms with E-state index in [1.54, 1.807) is 19.1 Å². The molecule has 0 aliphatic carbocycles. The molecular weight excluding hydrogens is 184 g/mol. The highest BCUT2D eigenvalue weighted by Gasteiger charge is 2.15. The van der Waals surface area contributed by atoms with Crippen LogP contribution in [0.25, 0.3) is 0 Å². The van der Waals surface area contributed by atoms with Crippen LogP contribution in [0.5, 0.6) is 0 Å². The number of halogens is 2. The van der Waals surface area contributed by atoms with Gasteiger partial charge in [-0.05, 0) is 36.9 Å². The largest absolute Gasteiger partial charge is 0.330 e. The fraction of sp³-hybridized carbons (Fsp3) is 0.455. The van der Waals surface area contributed by atoms with Gasteiger partial charge in [-0.1, -0.05) is 19.1 Å². The molecule has 2 N–H and O–H groups in total. The highest BCUT2D eigenvalue weighted by atomic mass is 19.2. The molecule has 0 spiro atoms. The van der Waals surface area contributed by atoms with Crippen LogP contribution in [-0.4, -0.2) is 6.54 Å². The Balaban J connectivity index is 3.04. The van der Waals surface area contributed by atoms with E-state index in [2.05, 4.69) is 0 Å². The number of nitrogens with two attached hydrogens (primary N) is 1. The Hall–Kier alpha value is -0.960. The molecule has 78 valence electrons. The first-order chi connectivity index (χ1) is 6.57. The van der Waals surface area contributed by atoms with Crippen molar-refractivity contribution in [2.24, 2.45) is 5.73 Å². The van der Waals surface area contributed by atoms with Crippen molar-refractivity contribution in [3.05, 3.63) is 34.9 Å². The Bertz CT molecular complexity index is 323. The number of aryl methyl sites for hydroxylation is 1. The molecule has 1 unspecified atom stereocenters. The van der Waals surface area contributed by atoms with E-state index >= 15 is 0 Å². The van der Waals surface area contributed by atoms with Crippen LogP contribution in [0.1, 0.15) is 30.4 Å². The summed E-state index contributed by atoms with van der Waals surface area (Å²) in [6, 6.07) is 3.23. The van der Waals surface area contributed by atoms with Gasteiger partial charge in [0.2, 0.25) is 0 Å². The van der Waals surface area contributed by atoms with E-state index in [-0.39, 0.29) is 5.92 Å². The summed E-state index contributed by atoms with van der Waals surface area (Å²) in [6.07, 6.45) is 0.666. The molecule has 14 heavy (non-hydrogen) atoms. The van der Waals surface area contributed by atoms with Crippen molar-refractivity contribution in [2.75, 3.05) is 6.54 Å². The van der Waals surface area contributed by atoms with E-state index in [9.17, 15) is 8.78 Å². The average Bonchev–Trinajstić information content (AvgIpc) is 2.15. The van der Waals surface area contributed by atoms with Crippen molar-refractivity contribution in [1.29, 1.82) is 0 Å². The Morgan fingerprint density at radius 3 is 2.50 bits per heavy atom. The molecule has 0 saturated carbocycles. The van der Waals surface area contributed by atoms with Crippen LogP contribution in [0.4, 0.5) is 8.78 Å². The lowest BCUT2D eigenvalue weighted by atomic mass is 9.96. The standard InChI is InChI=1S/C11H15F2N/c1-7(5-6-14)9-4-3-8(2)10(12)11(9)13/h3-4,7H,5-6,14H2,1-2H3. The number of benzene rings is 1. The zero-order chi connectivity index (χ0) is 10.7. The second-order valence-electron chi connectivity index (χ2n) is 3.58. The molecule has 1 nitrogen and oxygen atoms in total. The first-order valence-corrected chi connectivity index (χ1v) is 4.72. The molecule has 0 aliphatic rings. The van der Waals surface area contributed by atoms with Crippen molar-refractivity contribution >= 4 is 0 Å². The summed E-state index contributed by atoms with van der Waals surface area (Å²) in [5, 5.41) is 0.